The zero-order valence-electron chi connectivity index (χ0n) is 15.6. The van der Waals surface area contributed by atoms with Gasteiger partial charge in [-0.3, -0.25) is 14.5 Å². The second-order valence-electron chi connectivity index (χ2n) is 7.78. The largest absolute Gasteiger partial charge is 0.465 e. The van der Waals surface area contributed by atoms with Crippen molar-refractivity contribution in [3.63, 3.8) is 0 Å². The number of ether oxygens (including phenoxy) is 1. The maximum atomic E-state index is 12.4. The van der Waals surface area contributed by atoms with E-state index in [-0.39, 0.29) is 12.0 Å². The van der Waals surface area contributed by atoms with Crippen LogP contribution in [0.1, 0.15) is 77.6 Å². The highest BCUT2D eigenvalue weighted by atomic mass is 16.5. The van der Waals surface area contributed by atoms with Gasteiger partial charge in [-0.15, -0.1) is 0 Å². The molecule has 0 aromatic heterocycles. The van der Waals surface area contributed by atoms with Crippen LogP contribution in [0.5, 0.6) is 0 Å². The summed E-state index contributed by atoms with van der Waals surface area (Å²) in [6, 6.07) is -0.151. The average Bonchev–Trinajstić information content (AvgIpc) is 2.57. The molecule has 138 valence electrons. The van der Waals surface area contributed by atoms with E-state index < -0.39 is 0 Å². The number of carbonyl (C=O) groups is 2. The van der Waals surface area contributed by atoms with Gasteiger partial charge < -0.3 is 4.74 Å². The van der Waals surface area contributed by atoms with Gasteiger partial charge >= 0.3 is 5.97 Å². The number of likely N-dealkylation sites (N-methyl/N-ethyl adjacent to an activating group) is 1. The fraction of sp³-hybridized carbons (Fsp3) is 0.900. The fourth-order valence-electron chi connectivity index (χ4n) is 4.23. The second-order valence-corrected chi connectivity index (χ2v) is 7.78. The first kappa shape index (κ1) is 19.4. The molecule has 0 N–H and O–H groups in total. The Kier molecular flexibility index (Phi) is 8.23. The van der Waals surface area contributed by atoms with Gasteiger partial charge in [-0.25, -0.2) is 0 Å². The number of nitrogens with zero attached hydrogens (tertiary/aromatic N) is 1. The lowest BCUT2D eigenvalue weighted by Crippen LogP contribution is -2.51. The van der Waals surface area contributed by atoms with Gasteiger partial charge in [-0.05, 0) is 38.1 Å². The number of unbranched alkanes of at least 4 members (excludes halogenated alkanes) is 6. The lowest BCUT2D eigenvalue weighted by molar-refractivity contribution is -0.153. The molecule has 2 fully saturated rings. The van der Waals surface area contributed by atoms with E-state index in [1.54, 1.807) is 0 Å². The molecule has 1 saturated heterocycles. The Hall–Kier alpha value is -0.900. The average molecular weight is 338 g/mol. The molecule has 24 heavy (non-hydrogen) atoms. The Bertz CT molecular complexity index is 410. The molecular formula is C20H35NO3. The van der Waals surface area contributed by atoms with Gasteiger partial charge in [0.05, 0.1) is 6.61 Å². The number of hydrogen-bond donors (Lipinski definition) is 0. The summed E-state index contributed by atoms with van der Waals surface area (Å²) < 4.78 is 5.52. The number of carbonyl (C=O) groups excluding carboxylic acids is 2. The van der Waals surface area contributed by atoms with Crippen molar-refractivity contribution in [2.45, 2.75) is 83.6 Å². The van der Waals surface area contributed by atoms with Crippen molar-refractivity contribution in [3.05, 3.63) is 0 Å². The van der Waals surface area contributed by atoms with E-state index in [4.69, 9.17) is 4.74 Å². The van der Waals surface area contributed by atoms with Gasteiger partial charge in [0.2, 0.25) is 0 Å². The van der Waals surface area contributed by atoms with Crippen LogP contribution in [-0.2, 0) is 14.3 Å². The number of fused-ring (bicyclic) bond motifs is 1. The molecule has 0 bridgehead atoms. The van der Waals surface area contributed by atoms with Crippen LogP contribution >= 0.6 is 0 Å². The molecule has 0 amide bonds. The van der Waals surface area contributed by atoms with E-state index in [9.17, 15) is 9.59 Å². The zero-order chi connectivity index (χ0) is 17.4. The van der Waals surface area contributed by atoms with Crippen LogP contribution in [0.3, 0.4) is 0 Å². The molecule has 3 atom stereocenters. The second kappa shape index (κ2) is 10.2. The van der Waals surface area contributed by atoms with Gasteiger partial charge in [-0.2, -0.15) is 0 Å². The van der Waals surface area contributed by atoms with Crippen molar-refractivity contribution in [3.8, 4) is 0 Å². The van der Waals surface area contributed by atoms with E-state index in [2.05, 4.69) is 11.8 Å². The first-order valence-electron chi connectivity index (χ1n) is 10.0. The van der Waals surface area contributed by atoms with Gasteiger partial charge in [0.15, 0.2) is 0 Å². The minimum absolute atomic E-state index is 0.0834. The van der Waals surface area contributed by atoms with Crippen molar-refractivity contribution in [2.24, 2.45) is 11.8 Å². The minimum atomic E-state index is -0.151. The molecule has 0 aromatic rings. The van der Waals surface area contributed by atoms with Crippen LogP contribution in [0, 0.1) is 11.8 Å². The standard InChI is InChI=1S/C20H35NO3/c1-3-4-5-6-7-8-9-12-24-20(23)19-14-17-13-18(22)11-10-16(17)15-21(19)2/h16-17,19H,3-15H2,1-2H3. The summed E-state index contributed by atoms with van der Waals surface area (Å²) >= 11 is 0. The number of Topliss-reactive ketones (excluding diaryl/α,β-unsaturated/α-hetero) is 1. The van der Waals surface area contributed by atoms with E-state index in [0.717, 1.165) is 38.6 Å². The van der Waals surface area contributed by atoms with Crippen molar-refractivity contribution in [1.82, 2.24) is 4.90 Å². The van der Waals surface area contributed by atoms with Gasteiger partial charge in [0, 0.05) is 19.4 Å². The van der Waals surface area contributed by atoms with Crippen LogP contribution in [0.2, 0.25) is 0 Å². The fourth-order valence-corrected chi connectivity index (χ4v) is 4.23. The molecule has 4 nitrogen and oxygen atoms in total. The highest BCUT2D eigenvalue weighted by Crippen LogP contribution is 2.37. The van der Waals surface area contributed by atoms with E-state index in [0.29, 0.717) is 30.6 Å². The van der Waals surface area contributed by atoms with E-state index in [1.807, 2.05) is 7.05 Å². The summed E-state index contributed by atoms with van der Waals surface area (Å²) in [5, 5.41) is 0. The molecule has 1 heterocycles. The Morgan fingerprint density at radius 3 is 2.58 bits per heavy atom. The SMILES string of the molecule is CCCCCCCCCOC(=O)C1CC2CC(=O)CCC2CN1C. The van der Waals surface area contributed by atoms with Crippen molar-refractivity contribution < 1.29 is 14.3 Å². The number of rotatable bonds is 9. The number of likely N-dealkylation sites (tertiary alicyclic amines) is 1. The van der Waals surface area contributed by atoms with Crippen molar-refractivity contribution in [1.29, 1.82) is 0 Å². The summed E-state index contributed by atoms with van der Waals surface area (Å²) in [6.07, 6.45) is 11.8. The molecule has 2 rings (SSSR count). The van der Waals surface area contributed by atoms with Crippen LogP contribution in [0.15, 0.2) is 0 Å². The normalized spacial score (nSPS) is 27.8. The molecule has 0 spiro atoms. The molecule has 1 aliphatic carbocycles. The summed E-state index contributed by atoms with van der Waals surface area (Å²) in [4.78, 5) is 26.2. The highest BCUT2D eigenvalue weighted by molar-refractivity contribution is 5.80. The summed E-state index contributed by atoms with van der Waals surface area (Å²) in [5.74, 6) is 1.26. The molecular weight excluding hydrogens is 302 g/mol. The predicted octanol–water partition coefficient (Wildman–Crippen LogP) is 3.97. The molecule has 1 saturated carbocycles. The first-order chi connectivity index (χ1) is 11.6. The third-order valence-corrected chi connectivity index (χ3v) is 5.80. The highest BCUT2D eigenvalue weighted by Gasteiger charge is 2.40. The summed E-state index contributed by atoms with van der Waals surface area (Å²) in [7, 11) is 2.02. The number of ketones is 1. The Labute approximate surface area is 147 Å². The molecule has 0 aromatic carbocycles. The smallest absolute Gasteiger partial charge is 0.323 e. The predicted molar refractivity (Wildman–Crippen MR) is 95.8 cm³/mol. The minimum Gasteiger partial charge on any atom is -0.465 e. The first-order valence-corrected chi connectivity index (χ1v) is 10.0. The van der Waals surface area contributed by atoms with Gasteiger partial charge in [0.1, 0.15) is 11.8 Å². The van der Waals surface area contributed by atoms with Crippen molar-refractivity contribution in [2.75, 3.05) is 20.2 Å². The Morgan fingerprint density at radius 2 is 1.83 bits per heavy atom. The van der Waals surface area contributed by atoms with Crippen LogP contribution < -0.4 is 0 Å². The summed E-state index contributed by atoms with van der Waals surface area (Å²) in [6.45, 7) is 3.70. The lowest BCUT2D eigenvalue weighted by atomic mass is 9.72. The monoisotopic (exact) mass is 337 g/mol. The van der Waals surface area contributed by atoms with Gasteiger partial charge in [-0.1, -0.05) is 45.4 Å². The summed E-state index contributed by atoms with van der Waals surface area (Å²) in [5.41, 5.74) is 0. The van der Waals surface area contributed by atoms with E-state index in [1.165, 1.54) is 32.1 Å². The van der Waals surface area contributed by atoms with Gasteiger partial charge in [0.25, 0.3) is 0 Å². The van der Waals surface area contributed by atoms with E-state index >= 15 is 0 Å². The maximum Gasteiger partial charge on any atom is 0.323 e. The molecule has 3 unspecified atom stereocenters. The van der Waals surface area contributed by atoms with Crippen LogP contribution in [0.25, 0.3) is 0 Å². The third-order valence-electron chi connectivity index (χ3n) is 5.80. The molecule has 0 radical (unpaired) electrons. The van der Waals surface area contributed by atoms with Crippen molar-refractivity contribution >= 4 is 11.8 Å². The third kappa shape index (κ3) is 5.87. The molecule has 4 heteroatoms. The van der Waals surface area contributed by atoms with Crippen LogP contribution in [-0.4, -0.2) is 42.9 Å². The maximum absolute atomic E-state index is 12.4. The number of hydrogen-bond acceptors (Lipinski definition) is 4. The Morgan fingerprint density at radius 1 is 1.12 bits per heavy atom. The molecule has 2 aliphatic rings. The van der Waals surface area contributed by atoms with Crippen LogP contribution in [0.4, 0.5) is 0 Å². The topological polar surface area (TPSA) is 46.6 Å². The quantitative estimate of drug-likeness (QED) is 0.472. The Balaban J connectivity index is 1.63. The number of esters is 1. The zero-order valence-corrected chi connectivity index (χ0v) is 15.6. The molecule has 1 aliphatic heterocycles. The lowest BCUT2D eigenvalue weighted by Gasteiger charge is -2.43. The number of piperidine rings is 1.